The summed E-state index contributed by atoms with van der Waals surface area (Å²) in [7, 11) is 0. The summed E-state index contributed by atoms with van der Waals surface area (Å²) in [5.41, 5.74) is 7.89. The Kier molecular flexibility index (Phi) is 7.00. The second-order valence-electron chi connectivity index (χ2n) is 6.38. The molecule has 1 amide bonds. The van der Waals surface area contributed by atoms with Crippen LogP contribution in [0.15, 0.2) is 60.7 Å². The van der Waals surface area contributed by atoms with Gasteiger partial charge in [0.2, 0.25) is 5.91 Å². The molecule has 1 aliphatic rings. The monoisotopic (exact) mass is 360 g/mol. The minimum atomic E-state index is -0.638. The van der Waals surface area contributed by atoms with Crippen LogP contribution in [0.3, 0.4) is 0 Å². The zero-order chi connectivity index (χ0) is 16.9. The van der Waals surface area contributed by atoms with Crippen molar-refractivity contribution in [2.45, 2.75) is 37.5 Å². The van der Waals surface area contributed by atoms with E-state index < -0.39 is 12.1 Å². The lowest BCUT2D eigenvalue weighted by Gasteiger charge is -2.29. The van der Waals surface area contributed by atoms with Gasteiger partial charge in [0.15, 0.2) is 0 Å². The Morgan fingerprint density at radius 1 is 1.08 bits per heavy atom. The molecule has 0 bridgehead atoms. The number of hydrogen-bond acceptors (Lipinski definition) is 3. The molecule has 3 unspecified atom stereocenters. The molecule has 0 spiro atoms. The zero-order valence-electron chi connectivity index (χ0n) is 14.1. The number of carbonyl (C=O) groups is 1. The number of benzene rings is 2. The van der Waals surface area contributed by atoms with Gasteiger partial charge < -0.3 is 15.7 Å². The Labute approximate surface area is 155 Å². The molecule has 0 radical (unpaired) electrons. The van der Waals surface area contributed by atoms with E-state index in [0.717, 1.165) is 24.0 Å². The standard InChI is InChI=1S/C20H24N2O2.ClH/c21-19(16-10-5-2-6-11-16)20(24)22-13-7-12-17(22)14-18(23)15-8-3-1-4-9-15;/h1-6,8-11,17-19,23H,7,12-14,21H2;1H. The quantitative estimate of drug-likeness (QED) is 0.860. The van der Waals surface area contributed by atoms with Gasteiger partial charge in [-0.2, -0.15) is 0 Å². The minimum absolute atomic E-state index is 0. The van der Waals surface area contributed by atoms with E-state index in [-0.39, 0.29) is 24.4 Å². The highest BCUT2D eigenvalue weighted by Gasteiger charge is 2.33. The molecule has 0 aromatic heterocycles. The summed E-state index contributed by atoms with van der Waals surface area (Å²) in [5, 5.41) is 10.5. The lowest BCUT2D eigenvalue weighted by molar-refractivity contribution is -0.134. The van der Waals surface area contributed by atoms with Crippen molar-refractivity contribution in [2.24, 2.45) is 5.73 Å². The van der Waals surface area contributed by atoms with Gasteiger partial charge in [-0.15, -0.1) is 12.4 Å². The fourth-order valence-electron chi connectivity index (χ4n) is 3.42. The number of carbonyl (C=O) groups excluding carboxylic acids is 1. The van der Waals surface area contributed by atoms with Gasteiger partial charge in [-0.25, -0.2) is 0 Å². The fourth-order valence-corrected chi connectivity index (χ4v) is 3.42. The van der Waals surface area contributed by atoms with Crippen LogP contribution >= 0.6 is 12.4 Å². The Bertz CT molecular complexity index is 666. The van der Waals surface area contributed by atoms with Crippen LogP contribution in [-0.4, -0.2) is 28.5 Å². The molecule has 2 aromatic rings. The highest BCUT2D eigenvalue weighted by atomic mass is 35.5. The third kappa shape index (κ3) is 4.60. The molecule has 2 aromatic carbocycles. The van der Waals surface area contributed by atoms with E-state index >= 15 is 0 Å². The van der Waals surface area contributed by atoms with Crippen LogP contribution in [0.1, 0.15) is 42.5 Å². The van der Waals surface area contributed by atoms with Crippen molar-refractivity contribution >= 4 is 18.3 Å². The Hall–Kier alpha value is -1.88. The van der Waals surface area contributed by atoms with Crippen LogP contribution in [0.4, 0.5) is 0 Å². The van der Waals surface area contributed by atoms with Crippen LogP contribution in [0.5, 0.6) is 0 Å². The van der Waals surface area contributed by atoms with Crippen molar-refractivity contribution in [1.29, 1.82) is 0 Å². The minimum Gasteiger partial charge on any atom is -0.388 e. The molecule has 3 rings (SSSR count). The van der Waals surface area contributed by atoms with Crippen LogP contribution in [-0.2, 0) is 4.79 Å². The van der Waals surface area contributed by atoms with Crippen molar-refractivity contribution in [3.63, 3.8) is 0 Å². The normalized spacial score (nSPS) is 19.1. The number of nitrogens with zero attached hydrogens (tertiary/aromatic N) is 1. The summed E-state index contributed by atoms with van der Waals surface area (Å²) < 4.78 is 0. The number of likely N-dealkylation sites (tertiary alicyclic amines) is 1. The molecule has 1 heterocycles. The van der Waals surface area contributed by atoms with Gasteiger partial charge in [-0.05, 0) is 30.4 Å². The third-order valence-corrected chi connectivity index (χ3v) is 4.76. The van der Waals surface area contributed by atoms with E-state index in [4.69, 9.17) is 5.73 Å². The van der Waals surface area contributed by atoms with E-state index in [9.17, 15) is 9.90 Å². The van der Waals surface area contributed by atoms with Crippen LogP contribution in [0.25, 0.3) is 0 Å². The largest absolute Gasteiger partial charge is 0.388 e. The van der Waals surface area contributed by atoms with Crippen molar-refractivity contribution in [3.8, 4) is 0 Å². The summed E-state index contributed by atoms with van der Waals surface area (Å²) in [6.45, 7) is 0.714. The van der Waals surface area contributed by atoms with Crippen LogP contribution in [0.2, 0.25) is 0 Å². The molecule has 5 heteroatoms. The Balaban J connectivity index is 0.00000225. The van der Waals surface area contributed by atoms with Crippen molar-refractivity contribution < 1.29 is 9.90 Å². The average molecular weight is 361 g/mol. The zero-order valence-corrected chi connectivity index (χ0v) is 14.9. The van der Waals surface area contributed by atoms with E-state index in [1.54, 1.807) is 0 Å². The van der Waals surface area contributed by atoms with Gasteiger partial charge in [-0.3, -0.25) is 4.79 Å². The maximum absolute atomic E-state index is 12.8. The topological polar surface area (TPSA) is 66.6 Å². The number of nitrogens with two attached hydrogens (primary N) is 1. The second-order valence-corrected chi connectivity index (χ2v) is 6.38. The predicted octanol–water partition coefficient (Wildman–Crippen LogP) is 3.22. The summed E-state index contributed by atoms with van der Waals surface area (Å²) in [4.78, 5) is 14.6. The number of rotatable bonds is 5. The fraction of sp³-hybridized carbons (Fsp3) is 0.350. The lowest BCUT2D eigenvalue weighted by Crippen LogP contribution is -2.42. The first-order chi connectivity index (χ1) is 11.7. The summed E-state index contributed by atoms with van der Waals surface area (Å²) in [5.74, 6) is -0.0519. The SMILES string of the molecule is Cl.NC(C(=O)N1CCCC1CC(O)c1ccccc1)c1ccccc1. The first-order valence-corrected chi connectivity index (χ1v) is 8.51. The molecule has 25 heavy (non-hydrogen) atoms. The summed E-state index contributed by atoms with van der Waals surface area (Å²) >= 11 is 0. The molecule has 1 saturated heterocycles. The van der Waals surface area contributed by atoms with E-state index in [1.807, 2.05) is 65.6 Å². The molecular formula is C20H25ClN2O2. The lowest BCUT2D eigenvalue weighted by atomic mass is 9.99. The van der Waals surface area contributed by atoms with E-state index in [0.29, 0.717) is 13.0 Å². The summed E-state index contributed by atoms with van der Waals surface area (Å²) in [6.07, 6.45) is 1.87. The molecule has 4 nitrogen and oxygen atoms in total. The molecule has 1 aliphatic heterocycles. The van der Waals surface area contributed by atoms with Crippen molar-refractivity contribution in [1.82, 2.24) is 4.90 Å². The number of aliphatic hydroxyl groups is 1. The molecule has 0 saturated carbocycles. The van der Waals surface area contributed by atoms with Gasteiger partial charge in [0.05, 0.1) is 6.10 Å². The van der Waals surface area contributed by atoms with Gasteiger partial charge in [0.25, 0.3) is 0 Å². The molecule has 1 fully saturated rings. The van der Waals surface area contributed by atoms with Gasteiger partial charge in [0.1, 0.15) is 6.04 Å². The molecule has 134 valence electrons. The Morgan fingerprint density at radius 3 is 2.24 bits per heavy atom. The molecule has 3 atom stereocenters. The molecule has 3 N–H and O–H groups in total. The van der Waals surface area contributed by atoms with Crippen molar-refractivity contribution in [2.75, 3.05) is 6.54 Å². The van der Waals surface area contributed by atoms with E-state index in [2.05, 4.69) is 0 Å². The number of aliphatic hydroxyl groups excluding tert-OH is 1. The van der Waals surface area contributed by atoms with Crippen LogP contribution in [0, 0.1) is 0 Å². The molecular weight excluding hydrogens is 336 g/mol. The van der Waals surface area contributed by atoms with E-state index in [1.165, 1.54) is 0 Å². The molecule has 0 aliphatic carbocycles. The summed E-state index contributed by atoms with van der Waals surface area (Å²) in [6, 6.07) is 18.5. The highest BCUT2D eigenvalue weighted by Crippen LogP contribution is 2.29. The maximum Gasteiger partial charge on any atom is 0.244 e. The first-order valence-electron chi connectivity index (χ1n) is 8.51. The number of amides is 1. The predicted molar refractivity (Wildman–Crippen MR) is 101 cm³/mol. The third-order valence-electron chi connectivity index (χ3n) is 4.76. The van der Waals surface area contributed by atoms with Gasteiger partial charge >= 0.3 is 0 Å². The highest BCUT2D eigenvalue weighted by molar-refractivity contribution is 5.85. The Morgan fingerprint density at radius 2 is 1.64 bits per heavy atom. The van der Waals surface area contributed by atoms with Crippen molar-refractivity contribution in [3.05, 3.63) is 71.8 Å². The average Bonchev–Trinajstić information content (AvgIpc) is 3.10. The van der Waals surface area contributed by atoms with Gasteiger partial charge in [0, 0.05) is 12.6 Å². The number of halogens is 1. The second kappa shape index (κ2) is 8.99. The van der Waals surface area contributed by atoms with Crippen LogP contribution < -0.4 is 5.73 Å². The first kappa shape index (κ1) is 19.4. The smallest absolute Gasteiger partial charge is 0.244 e. The maximum atomic E-state index is 12.8. The number of hydrogen-bond donors (Lipinski definition) is 2. The van der Waals surface area contributed by atoms with Gasteiger partial charge in [-0.1, -0.05) is 60.7 Å².